The Morgan fingerprint density at radius 3 is 2.76 bits per heavy atom. The maximum atomic E-state index is 13.8. The van der Waals surface area contributed by atoms with Crippen molar-refractivity contribution in [1.29, 1.82) is 0 Å². The molecule has 2 aliphatic rings. The van der Waals surface area contributed by atoms with Crippen LogP contribution in [0.25, 0.3) is 11.3 Å². The minimum Gasteiger partial charge on any atom is -0.494 e. The Kier molecular flexibility index (Phi) is 5.70. The fraction of sp³-hybridized carbons (Fsp3) is 0.421. The summed E-state index contributed by atoms with van der Waals surface area (Å²) in [5.41, 5.74) is 0.744. The lowest BCUT2D eigenvalue weighted by atomic mass is 10.0. The largest absolute Gasteiger partial charge is 0.494 e. The summed E-state index contributed by atoms with van der Waals surface area (Å²) in [4.78, 5) is 28.5. The molecular weight excluding hydrogens is 405 g/mol. The van der Waals surface area contributed by atoms with E-state index in [1.54, 1.807) is 23.9 Å². The Morgan fingerprint density at radius 2 is 2.10 bits per heavy atom. The molecule has 0 radical (unpaired) electrons. The summed E-state index contributed by atoms with van der Waals surface area (Å²) in [6.45, 7) is 1.06. The zero-order chi connectivity index (χ0) is 20.0. The molecule has 0 saturated carbocycles. The number of cyclic esters (lactones) is 1. The van der Waals surface area contributed by atoms with Gasteiger partial charge in [-0.1, -0.05) is 5.16 Å². The number of hydrogen-bond acceptors (Lipinski definition) is 7. The summed E-state index contributed by atoms with van der Waals surface area (Å²) in [5, 5.41) is 4.03. The number of rotatable bonds is 4. The molecule has 2 aliphatic heterocycles. The van der Waals surface area contributed by atoms with Gasteiger partial charge >= 0.3 is 5.97 Å². The van der Waals surface area contributed by atoms with Gasteiger partial charge in [0.25, 0.3) is 5.91 Å². The Bertz CT molecular complexity index is 948. The average Bonchev–Trinajstić information content (AvgIpc) is 3.37. The molecule has 2 saturated heterocycles. The summed E-state index contributed by atoms with van der Waals surface area (Å²) in [6, 6.07) is 4.21. The molecule has 0 unspecified atom stereocenters. The molecule has 1 aromatic carbocycles. The Balaban J connectivity index is 0.00000240. The van der Waals surface area contributed by atoms with Crippen molar-refractivity contribution in [3.05, 3.63) is 29.6 Å². The molecule has 4 rings (SSSR count). The van der Waals surface area contributed by atoms with E-state index in [4.69, 9.17) is 14.0 Å². The molecule has 2 fully saturated rings. The second kappa shape index (κ2) is 7.90. The minimum atomic E-state index is -0.516. The van der Waals surface area contributed by atoms with Crippen LogP contribution in [0, 0.1) is 17.7 Å². The van der Waals surface area contributed by atoms with Crippen LogP contribution in [0.1, 0.15) is 10.4 Å². The standard InChI is InChI=1S/C19H20FN3O5.ClH/c1-22(2)17-15(18(24)23-7-11-9-27-19(25)12(11)8-23)16(28-21-17)10-4-5-13(20)14(6-10)26-3;/h4-6,11-12H,7-9H2,1-3H3;1H/t11-,12-;/m1./s1. The molecule has 8 nitrogen and oxygen atoms in total. The number of methoxy groups -OCH3 is 1. The fourth-order valence-electron chi connectivity index (χ4n) is 3.71. The van der Waals surface area contributed by atoms with Gasteiger partial charge in [-0.15, -0.1) is 12.4 Å². The zero-order valence-electron chi connectivity index (χ0n) is 16.2. The van der Waals surface area contributed by atoms with E-state index < -0.39 is 5.82 Å². The van der Waals surface area contributed by atoms with Gasteiger partial charge in [0.1, 0.15) is 5.56 Å². The lowest BCUT2D eigenvalue weighted by Gasteiger charge is -2.19. The maximum Gasteiger partial charge on any atom is 0.311 e. The van der Waals surface area contributed by atoms with Crippen molar-refractivity contribution in [1.82, 2.24) is 10.1 Å². The number of aromatic nitrogens is 1. The molecular formula is C19H21ClFN3O5. The highest BCUT2D eigenvalue weighted by molar-refractivity contribution is 6.04. The number of hydrogen-bond donors (Lipinski definition) is 0. The van der Waals surface area contributed by atoms with Crippen LogP contribution >= 0.6 is 12.4 Å². The molecule has 29 heavy (non-hydrogen) atoms. The zero-order valence-corrected chi connectivity index (χ0v) is 17.0. The van der Waals surface area contributed by atoms with Crippen molar-refractivity contribution in [3.8, 4) is 17.1 Å². The number of ether oxygens (including phenoxy) is 2. The van der Waals surface area contributed by atoms with Crippen LogP contribution in [0.3, 0.4) is 0 Å². The normalized spacial score (nSPS) is 20.1. The highest BCUT2D eigenvalue weighted by atomic mass is 35.5. The third-order valence-electron chi connectivity index (χ3n) is 5.20. The van der Waals surface area contributed by atoms with Crippen LogP contribution in [-0.2, 0) is 9.53 Å². The number of carbonyl (C=O) groups excluding carboxylic acids is 2. The predicted octanol–water partition coefficient (Wildman–Crippen LogP) is 2.22. The number of anilines is 1. The molecule has 0 N–H and O–H groups in total. The van der Waals surface area contributed by atoms with Crippen molar-refractivity contribution < 1.29 is 28.0 Å². The quantitative estimate of drug-likeness (QED) is 0.694. The van der Waals surface area contributed by atoms with E-state index >= 15 is 0 Å². The van der Waals surface area contributed by atoms with E-state index in [9.17, 15) is 14.0 Å². The second-order valence-corrected chi connectivity index (χ2v) is 7.16. The number of amides is 1. The number of carbonyl (C=O) groups is 2. The Hall–Kier alpha value is -2.81. The molecule has 1 aromatic heterocycles. The van der Waals surface area contributed by atoms with E-state index in [-0.39, 0.29) is 53.2 Å². The summed E-state index contributed by atoms with van der Waals surface area (Å²) < 4.78 is 29.4. The highest BCUT2D eigenvalue weighted by Gasteiger charge is 2.46. The first-order valence-corrected chi connectivity index (χ1v) is 8.87. The van der Waals surface area contributed by atoms with Crippen LogP contribution < -0.4 is 9.64 Å². The van der Waals surface area contributed by atoms with Crippen molar-refractivity contribution in [2.45, 2.75) is 0 Å². The number of likely N-dealkylation sites (tertiary alicyclic amines) is 1. The summed E-state index contributed by atoms with van der Waals surface area (Å²) in [6.07, 6.45) is 0. The molecule has 2 atom stereocenters. The van der Waals surface area contributed by atoms with E-state index in [0.29, 0.717) is 31.1 Å². The summed E-state index contributed by atoms with van der Waals surface area (Å²) in [5.74, 6) is -0.717. The van der Waals surface area contributed by atoms with Gasteiger partial charge in [-0.3, -0.25) is 9.59 Å². The van der Waals surface area contributed by atoms with E-state index in [1.807, 2.05) is 0 Å². The molecule has 2 aromatic rings. The van der Waals surface area contributed by atoms with Crippen molar-refractivity contribution in [2.24, 2.45) is 11.8 Å². The Labute approximate surface area is 172 Å². The van der Waals surface area contributed by atoms with Gasteiger partial charge in [0.15, 0.2) is 23.1 Å². The smallest absolute Gasteiger partial charge is 0.311 e. The SMILES string of the molecule is COc1cc(-c2onc(N(C)C)c2C(=O)N2C[C@@H]3COC(=O)[C@@H]3C2)ccc1F.Cl. The van der Waals surface area contributed by atoms with Crippen LogP contribution in [-0.4, -0.2) is 62.8 Å². The molecule has 156 valence electrons. The number of fused-ring (bicyclic) bond motifs is 1. The first-order chi connectivity index (χ1) is 13.4. The molecule has 0 bridgehead atoms. The number of nitrogens with zero attached hydrogens (tertiary/aromatic N) is 3. The number of esters is 1. The van der Waals surface area contributed by atoms with E-state index in [2.05, 4.69) is 5.16 Å². The first kappa shape index (κ1) is 20.9. The topological polar surface area (TPSA) is 85.1 Å². The first-order valence-electron chi connectivity index (χ1n) is 8.87. The van der Waals surface area contributed by atoms with Crippen molar-refractivity contribution >= 4 is 30.1 Å². The monoisotopic (exact) mass is 425 g/mol. The minimum absolute atomic E-state index is 0. The number of benzene rings is 1. The van der Waals surface area contributed by atoms with Gasteiger partial charge in [-0.2, -0.15) is 0 Å². The van der Waals surface area contributed by atoms with Crippen LogP contribution in [0.5, 0.6) is 5.75 Å². The van der Waals surface area contributed by atoms with E-state index in [1.165, 1.54) is 25.3 Å². The van der Waals surface area contributed by atoms with Crippen molar-refractivity contribution in [3.63, 3.8) is 0 Å². The Morgan fingerprint density at radius 1 is 1.34 bits per heavy atom. The predicted molar refractivity (Wildman–Crippen MR) is 104 cm³/mol. The van der Waals surface area contributed by atoms with Crippen LogP contribution in [0.4, 0.5) is 10.2 Å². The highest BCUT2D eigenvalue weighted by Crippen LogP contribution is 2.37. The third-order valence-corrected chi connectivity index (χ3v) is 5.20. The van der Waals surface area contributed by atoms with Crippen LogP contribution in [0.15, 0.2) is 22.7 Å². The summed E-state index contributed by atoms with van der Waals surface area (Å²) in [7, 11) is 4.86. The fourth-order valence-corrected chi connectivity index (χ4v) is 3.71. The molecule has 3 heterocycles. The maximum absolute atomic E-state index is 13.8. The molecule has 0 spiro atoms. The number of halogens is 2. The van der Waals surface area contributed by atoms with E-state index in [0.717, 1.165) is 0 Å². The van der Waals surface area contributed by atoms with Gasteiger partial charge in [-0.25, -0.2) is 4.39 Å². The van der Waals surface area contributed by atoms with Gasteiger partial charge in [0.2, 0.25) is 0 Å². The van der Waals surface area contributed by atoms with Gasteiger partial charge in [-0.05, 0) is 18.2 Å². The summed E-state index contributed by atoms with van der Waals surface area (Å²) >= 11 is 0. The van der Waals surface area contributed by atoms with Gasteiger partial charge in [0, 0.05) is 38.7 Å². The molecule has 10 heteroatoms. The molecule has 1 amide bonds. The van der Waals surface area contributed by atoms with Crippen molar-refractivity contribution in [2.75, 3.05) is 45.8 Å². The van der Waals surface area contributed by atoms with Crippen LogP contribution in [0.2, 0.25) is 0 Å². The average molecular weight is 426 g/mol. The van der Waals surface area contributed by atoms with Gasteiger partial charge in [0.05, 0.1) is 19.6 Å². The lowest BCUT2D eigenvalue weighted by Crippen LogP contribution is -2.32. The lowest BCUT2D eigenvalue weighted by molar-refractivity contribution is -0.141. The third kappa shape index (κ3) is 3.50. The van der Waals surface area contributed by atoms with Gasteiger partial charge < -0.3 is 23.8 Å². The molecule has 0 aliphatic carbocycles. The second-order valence-electron chi connectivity index (χ2n) is 7.16.